The van der Waals surface area contributed by atoms with E-state index in [2.05, 4.69) is 16.7 Å². The first-order valence-corrected chi connectivity index (χ1v) is 10.9. The number of hydrogen-bond donors (Lipinski definition) is 2. The molecule has 8 heteroatoms. The Morgan fingerprint density at radius 2 is 2.03 bits per heavy atom. The van der Waals surface area contributed by atoms with Crippen molar-refractivity contribution in [3.63, 3.8) is 0 Å². The molecule has 1 aliphatic heterocycles. The van der Waals surface area contributed by atoms with Crippen LogP contribution in [-0.4, -0.2) is 43.1 Å². The van der Waals surface area contributed by atoms with Gasteiger partial charge in [-0.3, -0.25) is 4.79 Å². The predicted octanol–water partition coefficient (Wildman–Crippen LogP) is 2.93. The lowest BCUT2D eigenvalue weighted by Gasteiger charge is -2.31. The quantitative estimate of drug-likeness (QED) is 0.679. The van der Waals surface area contributed by atoms with Crippen molar-refractivity contribution >= 4 is 23.3 Å². The Balaban J connectivity index is 1.36. The minimum atomic E-state index is -0.130. The molecule has 0 aliphatic carbocycles. The van der Waals surface area contributed by atoms with Gasteiger partial charge in [-0.15, -0.1) is 11.3 Å². The molecular formula is C22H26N4O3S. The van der Waals surface area contributed by atoms with Crippen molar-refractivity contribution in [2.45, 2.75) is 25.8 Å². The van der Waals surface area contributed by atoms with Crippen LogP contribution in [0.1, 0.15) is 23.3 Å². The third-order valence-electron chi connectivity index (χ3n) is 5.05. The third kappa shape index (κ3) is 6.49. The summed E-state index contributed by atoms with van der Waals surface area (Å²) in [5.74, 6) is 0.654. The Kier molecular flexibility index (Phi) is 8.10. The molecule has 2 heterocycles. The zero-order chi connectivity index (χ0) is 21.2. The molecule has 158 valence electrons. The molecule has 2 aromatic rings. The van der Waals surface area contributed by atoms with Gasteiger partial charge >= 0.3 is 6.03 Å². The van der Waals surface area contributed by atoms with E-state index in [1.54, 1.807) is 22.3 Å². The van der Waals surface area contributed by atoms with Crippen LogP contribution in [0.4, 0.5) is 4.79 Å². The van der Waals surface area contributed by atoms with Gasteiger partial charge in [-0.05, 0) is 48.4 Å². The van der Waals surface area contributed by atoms with E-state index in [0.29, 0.717) is 44.8 Å². The number of amides is 3. The van der Waals surface area contributed by atoms with Crippen molar-refractivity contribution < 1.29 is 14.3 Å². The lowest BCUT2D eigenvalue weighted by molar-refractivity contribution is -0.126. The number of ether oxygens (including phenoxy) is 1. The molecule has 0 spiro atoms. The van der Waals surface area contributed by atoms with E-state index in [-0.39, 0.29) is 24.5 Å². The molecule has 0 bridgehead atoms. The fourth-order valence-corrected chi connectivity index (χ4v) is 4.11. The lowest BCUT2D eigenvalue weighted by atomic mass is 9.96. The largest absolute Gasteiger partial charge is 0.479 e. The molecule has 1 saturated heterocycles. The highest BCUT2D eigenvalue weighted by molar-refractivity contribution is 7.09. The van der Waals surface area contributed by atoms with Crippen LogP contribution in [0.15, 0.2) is 41.8 Å². The van der Waals surface area contributed by atoms with Gasteiger partial charge < -0.3 is 20.3 Å². The number of nitriles is 1. The Hall–Kier alpha value is -3.05. The summed E-state index contributed by atoms with van der Waals surface area (Å²) >= 11 is 1.70. The number of urea groups is 1. The van der Waals surface area contributed by atoms with Gasteiger partial charge in [0.1, 0.15) is 11.8 Å². The number of nitrogens with one attached hydrogen (secondary N) is 2. The molecule has 7 nitrogen and oxygen atoms in total. The Bertz CT molecular complexity index is 871. The van der Waals surface area contributed by atoms with Crippen molar-refractivity contribution in [3.05, 3.63) is 52.2 Å². The van der Waals surface area contributed by atoms with Gasteiger partial charge in [-0.1, -0.05) is 18.2 Å². The average molecular weight is 427 g/mol. The highest BCUT2D eigenvalue weighted by Crippen LogP contribution is 2.18. The third-order valence-corrected chi connectivity index (χ3v) is 5.99. The lowest BCUT2D eigenvalue weighted by Crippen LogP contribution is -2.46. The topological polar surface area (TPSA) is 94.5 Å². The second-order valence-electron chi connectivity index (χ2n) is 7.13. The summed E-state index contributed by atoms with van der Waals surface area (Å²) in [5, 5.41) is 16.6. The van der Waals surface area contributed by atoms with Gasteiger partial charge in [0.05, 0.1) is 0 Å². The van der Waals surface area contributed by atoms with Crippen molar-refractivity contribution in [3.8, 4) is 11.8 Å². The average Bonchev–Trinajstić information content (AvgIpc) is 3.30. The van der Waals surface area contributed by atoms with Gasteiger partial charge in [0.15, 0.2) is 6.61 Å². The number of carbonyl (C=O) groups excluding carboxylic acids is 2. The molecule has 1 aliphatic rings. The van der Waals surface area contributed by atoms with Crippen LogP contribution in [0.3, 0.4) is 0 Å². The van der Waals surface area contributed by atoms with Crippen LogP contribution >= 0.6 is 11.3 Å². The Morgan fingerprint density at radius 1 is 1.20 bits per heavy atom. The highest BCUT2D eigenvalue weighted by Gasteiger charge is 2.27. The second-order valence-corrected chi connectivity index (χ2v) is 8.17. The molecular weight excluding hydrogens is 400 g/mol. The van der Waals surface area contributed by atoms with Gasteiger partial charge in [0.2, 0.25) is 5.91 Å². The number of nitrogens with zero attached hydrogens (tertiary/aromatic N) is 2. The summed E-state index contributed by atoms with van der Waals surface area (Å²) in [4.78, 5) is 27.8. The number of hydrogen-bond acceptors (Lipinski definition) is 5. The van der Waals surface area contributed by atoms with E-state index in [1.807, 2.05) is 35.7 Å². The predicted molar refractivity (Wildman–Crippen MR) is 115 cm³/mol. The molecule has 0 saturated carbocycles. The summed E-state index contributed by atoms with van der Waals surface area (Å²) in [6, 6.07) is 13.2. The maximum absolute atomic E-state index is 12.4. The van der Waals surface area contributed by atoms with E-state index in [1.165, 1.54) is 4.88 Å². The highest BCUT2D eigenvalue weighted by atomic mass is 32.1. The smallest absolute Gasteiger partial charge is 0.317 e. The number of likely N-dealkylation sites (tertiary alicyclic amines) is 1. The summed E-state index contributed by atoms with van der Waals surface area (Å²) in [6.45, 7) is 2.16. The van der Waals surface area contributed by atoms with Crippen molar-refractivity contribution in [1.29, 1.82) is 5.26 Å². The van der Waals surface area contributed by atoms with Gasteiger partial charge in [-0.2, -0.15) is 5.26 Å². The molecule has 1 aromatic heterocycles. The zero-order valence-electron chi connectivity index (χ0n) is 16.8. The van der Waals surface area contributed by atoms with Gasteiger partial charge in [0.25, 0.3) is 0 Å². The van der Waals surface area contributed by atoms with Gasteiger partial charge in [0, 0.05) is 37.0 Å². The number of thiophene rings is 1. The summed E-state index contributed by atoms with van der Waals surface area (Å²) < 4.78 is 5.28. The summed E-state index contributed by atoms with van der Waals surface area (Å²) in [7, 11) is 0. The molecule has 0 radical (unpaired) electrons. The first kappa shape index (κ1) is 21.7. The van der Waals surface area contributed by atoms with Crippen molar-refractivity contribution in [1.82, 2.24) is 15.5 Å². The molecule has 30 heavy (non-hydrogen) atoms. The minimum absolute atomic E-state index is 0.00757. The number of piperidine rings is 1. The zero-order valence-corrected chi connectivity index (χ0v) is 17.6. The van der Waals surface area contributed by atoms with Crippen molar-refractivity contribution in [2.24, 2.45) is 5.92 Å². The van der Waals surface area contributed by atoms with E-state index < -0.39 is 0 Å². The maximum Gasteiger partial charge on any atom is 0.317 e. The van der Waals surface area contributed by atoms with Crippen LogP contribution in [0.2, 0.25) is 0 Å². The van der Waals surface area contributed by atoms with Crippen LogP contribution in [-0.2, 0) is 17.8 Å². The standard InChI is InChI=1S/C22H26N4O3S/c23-9-13-29-19-4-1-3-17(15-19)16-25-22(28)26-11-7-18(8-12-26)21(27)24-10-6-20-5-2-14-30-20/h1-5,14-15,18H,6-8,10-13,16H2,(H,24,27)(H,25,28). The van der Waals surface area contributed by atoms with E-state index >= 15 is 0 Å². The molecule has 3 amide bonds. The molecule has 0 atom stereocenters. The number of carbonyl (C=O) groups is 2. The van der Waals surface area contributed by atoms with Crippen LogP contribution in [0, 0.1) is 17.2 Å². The second kappa shape index (κ2) is 11.2. The number of rotatable bonds is 8. The maximum atomic E-state index is 12.4. The van der Waals surface area contributed by atoms with Crippen LogP contribution in [0.5, 0.6) is 5.75 Å². The van der Waals surface area contributed by atoms with Crippen molar-refractivity contribution in [2.75, 3.05) is 26.2 Å². The normalized spacial score (nSPS) is 14.0. The monoisotopic (exact) mass is 426 g/mol. The first-order chi connectivity index (χ1) is 14.7. The molecule has 1 aromatic carbocycles. The van der Waals surface area contributed by atoms with E-state index in [0.717, 1.165) is 12.0 Å². The fourth-order valence-electron chi connectivity index (χ4n) is 3.40. The molecule has 2 N–H and O–H groups in total. The van der Waals surface area contributed by atoms with E-state index in [4.69, 9.17) is 10.00 Å². The van der Waals surface area contributed by atoms with Crippen LogP contribution in [0.25, 0.3) is 0 Å². The summed E-state index contributed by atoms with van der Waals surface area (Å²) in [6.07, 6.45) is 2.21. The molecule has 1 fully saturated rings. The fraction of sp³-hybridized carbons (Fsp3) is 0.409. The summed E-state index contributed by atoms with van der Waals surface area (Å²) in [5.41, 5.74) is 0.902. The van der Waals surface area contributed by atoms with E-state index in [9.17, 15) is 9.59 Å². The minimum Gasteiger partial charge on any atom is -0.479 e. The first-order valence-electron chi connectivity index (χ1n) is 10.1. The van der Waals surface area contributed by atoms with Gasteiger partial charge in [-0.25, -0.2) is 4.79 Å². The molecule has 0 unspecified atom stereocenters. The Morgan fingerprint density at radius 3 is 2.77 bits per heavy atom. The molecule has 3 rings (SSSR count). The SMILES string of the molecule is N#CCOc1cccc(CNC(=O)N2CCC(C(=O)NCCc3cccs3)CC2)c1. The Labute approximate surface area is 180 Å². The van der Waals surface area contributed by atoms with Crippen LogP contribution < -0.4 is 15.4 Å². The number of benzene rings is 1.